The summed E-state index contributed by atoms with van der Waals surface area (Å²) in [6.45, 7) is 0.209. The van der Waals surface area contributed by atoms with Gasteiger partial charge in [0.25, 0.3) is 0 Å². The largest absolute Gasteiger partial charge is 0.493 e. The van der Waals surface area contributed by atoms with E-state index >= 15 is 0 Å². The molecule has 0 N–H and O–H groups in total. The maximum absolute atomic E-state index is 12.7. The fourth-order valence-electron chi connectivity index (χ4n) is 3.06. The zero-order valence-electron chi connectivity index (χ0n) is 16.5. The van der Waals surface area contributed by atoms with Crippen molar-refractivity contribution in [3.8, 4) is 11.5 Å². The van der Waals surface area contributed by atoms with Crippen molar-refractivity contribution in [2.45, 2.75) is 6.42 Å². The highest BCUT2D eigenvalue weighted by Gasteiger charge is 2.36. The maximum atomic E-state index is 12.7. The van der Waals surface area contributed by atoms with E-state index in [1.807, 2.05) is 0 Å². The molecular formula is C22H20ClNO6. The molecule has 1 aliphatic heterocycles. The molecule has 1 aliphatic rings. The molecule has 1 atom stereocenters. The van der Waals surface area contributed by atoms with Crippen LogP contribution in [-0.4, -0.2) is 38.6 Å². The Morgan fingerprint density at radius 2 is 1.93 bits per heavy atom. The van der Waals surface area contributed by atoms with Crippen LogP contribution in [0, 0.1) is 5.92 Å². The Kier molecular flexibility index (Phi) is 6.74. The van der Waals surface area contributed by atoms with E-state index < -0.39 is 17.9 Å². The molecule has 0 radical (unpaired) electrons. The van der Waals surface area contributed by atoms with Gasteiger partial charge < -0.3 is 19.1 Å². The van der Waals surface area contributed by atoms with Gasteiger partial charge in [0.2, 0.25) is 5.91 Å². The molecule has 0 aromatic heterocycles. The lowest BCUT2D eigenvalue weighted by Gasteiger charge is -2.17. The first-order valence-electron chi connectivity index (χ1n) is 9.13. The van der Waals surface area contributed by atoms with Gasteiger partial charge in [-0.25, -0.2) is 4.79 Å². The van der Waals surface area contributed by atoms with Gasteiger partial charge in [0.1, 0.15) is 0 Å². The predicted octanol–water partition coefficient (Wildman–Crippen LogP) is 3.49. The normalized spacial score (nSPS) is 16.0. The molecule has 1 saturated heterocycles. The summed E-state index contributed by atoms with van der Waals surface area (Å²) in [5, 5.41) is 0.511. The number of amides is 1. The lowest BCUT2D eigenvalue weighted by Crippen LogP contribution is -2.27. The molecule has 0 spiro atoms. The lowest BCUT2D eigenvalue weighted by molar-refractivity contribution is -0.139. The van der Waals surface area contributed by atoms with E-state index in [2.05, 4.69) is 4.74 Å². The summed E-state index contributed by atoms with van der Waals surface area (Å²) in [5.41, 5.74) is 1.31. The fraction of sp³-hybridized carbons (Fsp3) is 0.227. The number of nitrogens with zero attached hydrogens (tertiary/aromatic N) is 1. The number of hydrogen-bond donors (Lipinski definition) is 0. The summed E-state index contributed by atoms with van der Waals surface area (Å²) in [4.78, 5) is 37.8. The van der Waals surface area contributed by atoms with E-state index in [9.17, 15) is 14.4 Å². The molecule has 30 heavy (non-hydrogen) atoms. The third kappa shape index (κ3) is 4.99. The van der Waals surface area contributed by atoms with Gasteiger partial charge in [-0.1, -0.05) is 23.7 Å². The molecule has 0 bridgehead atoms. The van der Waals surface area contributed by atoms with E-state index in [1.165, 1.54) is 25.2 Å². The highest BCUT2D eigenvalue weighted by atomic mass is 35.5. The Balaban J connectivity index is 1.70. The van der Waals surface area contributed by atoms with E-state index in [1.54, 1.807) is 48.5 Å². The average Bonchev–Trinajstić information content (AvgIpc) is 3.14. The lowest BCUT2D eigenvalue weighted by atomic mass is 10.1. The Hall–Kier alpha value is -3.32. The number of hydrogen-bond acceptors (Lipinski definition) is 6. The van der Waals surface area contributed by atoms with Crippen LogP contribution in [0.15, 0.2) is 48.5 Å². The van der Waals surface area contributed by atoms with Gasteiger partial charge in [0.15, 0.2) is 11.5 Å². The van der Waals surface area contributed by atoms with Crippen LogP contribution in [0.25, 0.3) is 6.08 Å². The van der Waals surface area contributed by atoms with Crippen LogP contribution in [0.5, 0.6) is 11.5 Å². The second kappa shape index (κ2) is 9.45. The Morgan fingerprint density at radius 3 is 2.63 bits per heavy atom. The molecule has 0 aliphatic carbocycles. The Morgan fingerprint density at radius 1 is 1.13 bits per heavy atom. The van der Waals surface area contributed by atoms with Crippen LogP contribution in [-0.2, 0) is 19.1 Å². The average molecular weight is 430 g/mol. The second-order valence-corrected chi connectivity index (χ2v) is 7.01. The molecule has 1 fully saturated rings. The minimum Gasteiger partial charge on any atom is -0.493 e. The first-order valence-corrected chi connectivity index (χ1v) is 9.50. The molecule has 8 heteroatoms. The maximum Gasteiger partial charge on any atom is 0.330 e. The molecule has 1 amide bonds. The molecule has 2 aromatic carbocycles. The smallest absolute Gasteiger partial charge is 0.330 e. The zero-order valence-corrected chi connectivity index (χ0v) is 17.2. The van der Waals surface area contributed by atoms with Gasteiger partial charge >= 0.3 is 11.9 Å². The minimum atomic E-state index is -0.611. The SMILES string of the molecule is COC(=O)/C=C/c1ccc(OC(=O)C2CC(=O)N(c3cccc(Cl)c3)C2)c(OC)c1. The Labute approximate surface area is 178 Å². The third-order valence-electron chi connectivity index (χ3n) is 4.59. The van der Waals surface area contributed by atoms with Gasteiger partial charge in [0.05, 0.1) is 20.1 Å². The Bertz CT molecular complexity index is 1000. The standard InChI is InChI=1S/C22H20ClNO6/c1-28-19-10-14(7-9-21(26)29-2)6-8-18(19)30-22(27)15-11-20(25)24(13-15)17-5-3-4-16(23)12-17/h3-10,12,15H,11,13H2,1-2H3/b9-7+. The summed E-state index contributed by atoms with van der Waals surface area (Å²) in [5.74, 6) is -1.24. The number of rotatable bonds is 6. The summed E-state index contributed by atoms with van der Waals surface area (Å²) in [6, 6.07) is 11.8. The van der Waals surface area contributed by atoms with E-state index in [0.29, 0.717) is 22.0 Å². The van der Waals surface area contributed by atoms with Gasteiger partial charge in [-0.3, -0.25) is 9.59 Å². The second-order valence-electron chi connectivity index (χ2n) is 6.57. The molecule has 0 saturated carbocycles. The minimum absolute atomic E-state index is 0.0492. The number of carbonyl (C=O) groups excluding carboxylic acids is 3. The first kappa shape index (κ1) is 21.4. The van der Waals surface area contributed by atoms with Crippen molar-refractivity contribution in [3.05, 3.63) is 59.1 Å². The van der Waals surface area contributed by atoms with Crippen LogP contribution in [0.1, 0.15) is 12.0 Å². The van der Waals surface area contributed by atoms with Crippen molar-refractivity contribution in [1.82, 2.24) is 0 Å². The number of anilines is 1. The molecule has 1 heterocycles. The predicted molar refractivity (Wildman–Crippen MR) is 112 cm³/mol. The van der Waals surface area contributed by atoms with Crippen molar-refractivity contribution in [3.63, 3.8) is 0 Å². The van der Waals surface area contributed by atoms with Gasteiger partial charge in [-0.15, -0.1) is 0 Å². The van der Waals surface area contributed by atoms with Crippen LogP contribution < -0.4 is 14.4 Å². The fourth-order valence-corrected chi connectivity index (χ4v) is 3.24. The summed E-state index contributed by atoms with van der Waals surface area (Å²) >= 11 is 6.00. The molecule has 156 valence electrons. The van der Waals surface area contributed by atoms with Crippen molar-refractivity contribution in [2.24, 2.45) is 5.92 Å². The first-order chi connectivity index (χ1) is 14.4. The number of ether oxygens (including phenoxy) is 3. The molecule has 2 aromatic rings. The van der Waals surface area contributed by atoms with Crippen LogP contribution in [0.3, 0.4) is 0 Å². The van der Waals surface area contributed by atoms with E-state index in [0.717, 1.165) is 0 Å². The number of benzene rings is 2. The third-order valence-corrected chi connectivity index (χ3v) is 4.82. The van der Waals surface area contributed by atoms with Gasteiger partial charge in [-0.2, -0.15) is 0 Å². The summed E-state index contributed by atoms with van der Waals surface area (Å²) < 4.78 is 15.3. The summed E-state index contributed by atoms with van der Waals surface area (Å²) in [7, 11) is 2.73. The topological polar surface area (TPSA) is 82.1 Å². The van der Waals surface area contributed by atoms with Crippen LogP contribution in [0.4, 0.5) is 5.69 Å². The highest BCUT2D eigenvalue weighted by Crippen LogP contribution is 2.32. The van der Waals surface area contributed by atoms with Crippen molar-refractivity contribution in [2.75, 3.05) is 25.7 Å². The highest BCUT2D eigenvalue weighted by molar-refractivity contribution is 6.31. The number of carbonyl (C=O) groups is 3. The quantitative estimate of drug-likeness (QED) is 0.397. The van der Waals surface area contributed by atoms with Gasteiger partial charge in [0, 0.05) is 29.8 Å². The van der Waals surface area contributed by atoms with Crippen LogP contribution in [0.2, 0.25) is 5.02 Å². The van der Waals surface area contributed by atoms with E-state index in [4.69, 9.17) is 21.1 Å². The molecule has 1 unspecified atom stereocenters. The van der Waals surface area contributed by atoms with E-state index in [-0.39, 0.29) is 24.6 Å². The number of halogens is 1. The zero-order chi connectivity index (χ0) is 21.7. The van der Waals surface area contributed by atoms with Crippen LogP contribution >= 0.6 is 11.6 Å². The van der Waals surface area contributed by atoms with Crippen molar-refractivity contribution < 1.29 is 28.6 Å². The number of methoxy groups -OCH3 is 2. The summed E-state index contributed by atoms with van der Waals surface area (Å²) in [6.07, 6.45) is 2.88. The van der Waals surface area contributed by atoms with Crippen molar-refractivity contribution in [1.29, 1.82) is 0 Å². The van der Waals surface area contributed by atoms with Crippen molar-refractivity contribution >= 4 is 41.2 Å². The monoisotopic (exact) mass is 429 g/mol. The molecule has 3 rings (SSSR count). The molecule has 7 nitrogen and oxygen atoms in total. The number of esters is 2. The van der Waals surface area contributed by atoms with Gasteiger partial charge in [-0.05, 0) is 42.0 Å². The molecular weight excluding hydrogens is 410 g/mol.